The summed E-state index contributed by atoms with van der Waals surface area (Å²) in [5, 5.41) is 0. The van der Waals surface area contributed by atoms with E-state index in [1.54, 1.807) is 6.26 Å². The Morgan fingerprint density at radius 3 is 2.50 bits per heavy atom. The van der Waals surface area contributed by atoms with Crippen LogP contribution in [0, 0.1) is 0 Å². The summed E-state index contributed by atoms with van der Waals surface area (Å²) in [5.74, 6) is 0. The number of rotatable bonds is 3. The van der Waals surface area contributed by atoms with Crippen LogP contribution in [-0.4, -0.2) is 0 Å². The first-order valence-electron chi connectivity index (χ1n) is 4.16. The summed E-state index contributed by atoms with van der Waals surface area (Å²) < 4.78 is 5.40. The van der Waals surface area contributed by atoms with Crippen molar-refractivity contribution in [3.05, 3.63) is 48.2 Å². The van der Waals surface area contributed by atoms with Gasteiger partial charge in [-0.1, -0.05) is 36.4 Å². The molecule has 1 rings (SSSR count). The third-order valence-electron chi connectivity index (χ3n) is 1.69. The molecule has 1 nitrogen and oxygen atoms in total. The van der Waals surface area contributed by atoms with Crippen LogP contribution in [0.4, 0.5) is 0 Å². The molecule has 0 aliphatic carbocycles. The Labute approximate surface area is 73.7 Å². The summed E-state index contributed by atoms with van der Waals surface area (Å²) >= 11 is 0. The fourth-order valence-electron chi connectivity index (χ4n) is 0.999. The highest BCUT2D eigenvalue weighted by atomic mass is 16.5. The quantitative estimate of drug-likeness (QED) is 0.619. The van der Waals surface area contributed by atoms with Gasteiger partial charge in [0.05, 0.1) is 6.26 Å². The summed E-state index contributed by atoms with van der Waals surface area (Å²) in [4.78, 5) is 0. The molecular formula is C11H14O. The van der Waals surface area contributed by atoms with Crippen LogP contribution in [0.25, 0.3) is 0 Å². The van der Waals surface area contributed by atoms with Gasteiger partial charge in [-0.15, -0.1) is 0 Å². The minimum atomic E-state index is 0.141. The standard InChI is InChI=1S/C11H14O/c1-3-9-12-10(2)11-7-5-4-6-8-11/h3-10H,1-2H3/t10-/m1/s1. The van der Waals surface area contributed by atoms with E-state index < -0.39 is 0 Å². The summed E-state index contributed by atoms with van der Waals surface area (Å²) in [6, 6.07) is 10.2. The molecule has 64 valence electrons. The maximum Gasteiger partial charge on any atom is 0.120 e. The summed E-state index contributed by atoms with van der Waals surface area (Å²) in [5.41, 5.74) is 1.20. The molecule has 0 saturated heterocycles. The molecule has 0 unspecified atom stereocenters. The van der Waals surface area contributed by atoms with Crippen LogP contribution in [0.2, 0.25) is 0 Å². The smallest absolute Gasteiger partial charge is 0.120 e. The molecule has 0 radical (unpaired) electrons. The number of ether oxygens (including phenoxy) is 1. The molecule has 1 heteroatoms. The monoisotopic (exact) mass is 162 g/mol. The van der Waals surface area contributed by atoms with Crippen LogP contribution in [-0.2, 0) is 4.74 Å². The van der Waals surface area contributed by atoms with E-state index in [1.165, 1.54) is 5.56 Å². The Hall–Kier alpha value is -1.24. The normalized spacial score (nSPS) is 13.2. The molecule has 1 aromatic rings. The van der Waals surface area contributed by atoms with E-state index >= 15 is 0 Å². The SMILES string of the molecule is CC=CO[C@H](C)c1ccccc1. The van der Waals surface area contributed by atoms with Crippen molar-refractivity contribution in [1.82, 2.24) is 0 Å². The van der Waals surface area contributed by atoms with Gasteiger partial charge in [-0.2, -0.15) is 0 Å². The predicted molar refractivity (Wildman–Crippen MR) is 50.8 cm³/mol. The molecule has 0 aliphatic heterocycles. The lowest BCUT2D eigenvalue weighted by atomic mass is 10.1. The highest BCUT2D eigenvalue weighted by Crippen LogP contribution is 2.15. The van der Waals surface area contributed by atoms with Crippen molar-refractivity contribution in [2.24, 2.45) is 0 Å². The second-order valence-corrected chi connectivity index (χ2v) is 2.66. The largest absolute Gasteiger partial charge is 0.494 e. The fourth-order valence-corrected chi connectivity index (χ4v) is 0.999. The average Bonchev–Trinajstić information content (AvgIpc) is 2.15. The lowest BCUT2D eigenvalue weighted by Crippen LogP contribution is -1.93. The van der Waals surface area contributed by atoms with Gasteiger partial charge in [0.2, 0.25) is 0 Å². The Balaban J connectivity index is 2.59. The van der Waals surface area contributed by atoms with Crippen LogP contribution in [0.5, 0.6) is 0 Å². The Kier molecular flexibility index (Phi) is 3.39. The van der Waals surface area contributed by atoms with Crippen molar-refractivity contribution in [2.45, 2.75) is 20.0 Å². The summed E-state index contributed by atoms with van der Waals surface area (Å²) in [6.45, 7) is 3.98. The number of benzene rings is 1. The molecule has 0 saturated carbocycles. The molecule has 0 spiro atoms. The molecule has 0 aliphatic rings. The fraction of sp³-hybridized carbons (Fsp3) is 0.273. The van der Waals surface area contributed by atoms with Crippen LogP contribution < -0.4 is 0 Å². The molecule has 1 aromatic carbocycles. The van der Waals surface area contributed by atoms with Gasteiger partial charge in [-0.3, -0.25) is 0 Å². The Morgan fingerprint density at radius 1 is 1.25 bits per heavy atom. The van der Waals surface area contributed by atoms with Gasteiger partial charge < -0.3 is 4.74 Å². The minimum absolute atomic E-state index is 0.141. The van der Waals surface area contributed by atoms with Gasteiger partial charge in [0.15, 0.2) is 0 Å². The first-order valence-corrected chi connectivity index (χ1v) is 4.16. The molecule has 12 heavy (non-hydrogen) atoms. The van der Waals surface area contributed by atoms with Crippen molar-refractivity contribution in [2.75, 3.05) is 0 Å². The van der Waals surface area contributed by atoms with Crippen LogP contribution >= 0.6 is 0 Å². The van der Waals surface area contributed by atoms with E-state index in [0.717, 1.165) is 0 Å². The van der Waals surface area contributed by atoms with Crippen LogP contribution in [0.1, 0.15) is 25.5 Å². The number of hydrogen-bond acceptors (Lipinski definition) is 1. The lowest BCUT2D eigenvalue weighted by Gasteiger charge is -2.10. The molecule has 0 bridgehead atoms. The topological polar surface area (TPSA) is 9.23 Å². The first kappa shape index (κ1) is 8.85. The molecule has 1 atom stereocenters. The predicted octanol–water partition coefficient (Wildman–Crippen LogP) is 3.30. The molecule has 0 fully saturated rings. The Bertz CT molecular complexity index is 238. The number of allylic oxidation sites excluding steroid dienone is 1. The maximum atomic E-state index is 5.40. The second-order valence-electron chi connectivity index (χ2n) is 2.66. The molecule has 0 amide bonds. The van der Waals surface area contributed by atoms with Gasteiger partial charge in [0.1, 0.15) is 6.10 Å². The van der Waals surface area contributed by atoms with Crippen molar-refractivity contribution in [3.63, 3.8) is 0 Å². The molecule has 0 heterocycles. The van der Waals surface area contributed by atoms with Crippen molar-refractivity contribution >= 4 is 0 Å². The maximum absolute atomic E-state index is 5.40. The van der Waals surface area contributed by atoms with E-state index in [2.05, 4.69) is 12.1 Å². The van der Waals surface area contributed by atoms with Crippen LogP contribution in [0.15, 0.2) is 42.7 Å². The van der Waals surface area contributed by atoms with E-state index in [-0.39, 0.29) is 6.10 Å². The van der Waals surface area contributed by atoms with E-state index in [1.807, 2.05) is 38.1 Å². The molecule has 0 aromatic heterocycles. The van der Waals surface area contributed by atoms with Crippen molar-refractivity contribution < 1.29 is 4.74 Å². The van der Waals surface area contributed by atoms with Gasteiger partial charge in [0, 0.05) is 0 Å². The third-order valence-corrected chi connectivity index (χ3v) is 1.69. The second kappa shape index (κ2) is 4.60. The average molecular weight is 162 g/mol. The van der Waals surface area contributed by atoms with Gasteiger partial charge >= 0.3 is 0 Å². The number of hydrogen-bond donors (Lipinski definition) is 0. The minimum Gasteiger partial charge on any atom is -0.494 e. The highest BCUT2D eigenvalue weighted by molar-refractivity contribution is 5.16. The van der Waals surface area contributed by atoms with E-state index in [4.69, 9.17) is 4.74 Å². The summed E-state index contributed by atoms with van der Waals surface area (Å²) in [7, 11) is 0. The van der Waals surface area contributed by atoms with Gasteiger partial charge in [0.25, 0.3) is 0 Å². The highest BCUT2D eigenvalue weighted by Gasteiger charge is 2.01. The zero-order valence-corrected chi connectivity index (χ0v) is 7.53. The van der Waals surface area contributed by atoms with Gasteiger partial charge in [-0.25, -0.2) is 0 Å². The van der Waals surface area contributed by atoms with E-state index in [9.17, 15) is 0 Å². The molecular weight excluding hydrogens is 148 g/mol. The van der Waals surface area contributed by atoms with Crippen molar-refractivity contribution in [1.29, 1.82) is 0 Å². The Morgan fingerprint density at radius 2 is 1.92 bits per heavy atom. The van der Waals surface area contributed by atoms with Crippen LogP contribution in [0.3, 0.4) is 0 Å². The first-order chi connectivity index (χ1) is 5.84. The van der Waals surface area contributed by atoms with Crippen molar-refractivity contribution in [3.8, 4) is 0 Å². The molecule has 0 N–H and O–H groups in total. The van der Waals surface area contributed by atoms with Gasteiger partial charge in [-0.05, 0) is 19.4 Å². The zero-order valence-electron chi connectivity index (χ0n) is 7.53. The summed E-state index contributed by atoms with van der Waals surface area (Å²) in [6.07, 6.45) is 3.75. The van der Waals surface area contributed by atoms with E-state index in [0.29, 0.717) is 0 Å². The lowest BCUT2D eigenvalue weighted by molar-refractivity contribution is 0.164. The zero-order chi connectivity index (χ0) is 8.81. The third kappa shape index (κ3) is 2.42.